The molecule has 1 aromatic rings. The number of ether oxygens (including phenoxy) is 1. The van der Waals surface area contributed by atoms with Crippen LogP contribution in [0.25, 0.3) is 0 Å². The van der Waals surface area contributed by atoms with Gasteiger partial charge in [0.15, 0.2) is 0 Å². The van der Waals surface area contributed by atoms with Crippen LogP contribution in [0, 0.1) is 5.82 Å². The first kappa shape index (κ1) is 16.8. The highest BCUT2D eigenvalue weighted by atomic mass is 19.1. The summed E-state index contributed by atoms with van der Waals surface area (Å²) in [7, 11) is 0. The van der Waals surface area contributed by atoms with Crippen molar-refractivity contribution in [2.75, 3.05) is 32.8 Å². The standard InChI is InChI=1S/C19H26FN3O2/c20-15-3-1-2-14(12-15)18-13-22(16-6-10-25-11-7-16)19(24)23(18)17-4-8-21-9-5-17/h1-3,12,16-18,21H,4-11,13H2. The summed E-state index contributed by atoms with van der Waals surface area (Å²) in [6.45, 7) is 3.94. The second kappa shape index (κ2) is 7.30. The van der Waals surface area contributed by atoms with Gasteiger partial charge in [0.25, 0.3) is 0 Å². The van der Waals surface area contributed by atoms with Gasteiger partial charge in [0, 0.05) is 31.8 Å². The Morgan fingerprint density at radius 3 is 2.56 bits per heavy atom. The van der Waals surface area contributed by atoms with E-state index in [4.69, 9.17) is 4.74 Å². The molecule has 1 atom stereocenters. The molecule has 0 spiro atoms. The number of rotatable bonds is 3. The fourth-order valence-electron chi connectivity index (χ4n) is 4.41. The lowest BCUT2D eigenvalue weighted by atomic mass is 10.00. The Morgan fingerprint density at radius 1 is 1.08 bits per heavy atom. The molecule has 25 heavy (non-hydrogen) atoms. The van der Waals surface area contributed by atoms with Crippen LogP contribution in [-0.2, 0) is 4.74 Å². The molecule has 4 rings (SSSR count). The van der Waals surface area contributed by atoms with Crippen LogP contribution in [0.2, 0.25) is 0 Å². The highest BCUT2D eigenvalue weighted by Crippen LogP contribution is 2.36. The Balaban J connectivity index is 1.62. The number of nitrogens with zero attached hydrogens (tertiary/aromatic N) is 2. The molecule has 5 nitrogen and oxygen atoms in total. The Kier molecular flexibility index (Phi) is 4.90. The molecule has 136 valence electrons. The Hall–Kier alpha value is -1.66. The van der Waals surface area contributed by atoms with E-state index in [0.29, 0.717) is 19.8 Å². The molecule has 1 unspecified atom stereocenters. The number of carbonyl (C=O) groups excluding carboxylic acids is 1. The fourth-order valence-corrected chi connectivity index (χ4v) is 4.41. The third-order valence-corrected chi connectivity index (χ3v) is 5.74. The molecule has 0 bridgehead atoms. The minimum absolute atomic E-state index is 0.0610. The normalized spacial score (nSPS) is 26.4. The number of urea groups is 1. The van der Waals surface area contributed by atoms with Gasteiger partial charge in [-0.15, -0.1) is 0 Å². The molecule has 0 saturated carbocycles. The number of halogens is 1. The SMILES string of the molecule is O=C1N(C2CCOCC2)CC(c2cccc(F)c2)N1C1CCNCC1. The molecule has 3 fully saturated rings. The van der Waals surface area contributed by atoms with E-state index in [1.165, 1.54) is 6.07 Å². The van der Waals surface area contributed by atoms with E-state index in [2.05, 4.69) is 5.32 Å². The van der Waals surface area contributed by atoms with E-state index in [1.807, 2.05) is 15.9 Å². The Bertz CT molecular complexity index is 614. The topological polar surface area (TPSA) is 44.8 Å². The maximum Gasteiger partial charge on any atom is 0.321 e. The van der Waals surface area contributed by atoms with E-state index in [0.717, 1.165) is 44.3 Å². The molecule has 3 aliphatic heterocycles. The van der Waals surface area contributed by atoms with Crippen LogP contribution in [-0.4, -0.2) is 60.8 Å². The zero-order chi connectivity index (χ0) is 17.2. The molecule has 0 aliphatic carbocycles. The first-order valence-electron chi connectivity index (χ1n) is 9.37. The predicted octanol–water partition coefficient (Wildman–Crippen LogP) is 2.54. The lowest BCUT2D eigenvalue weighted by Crippen LogP contribution is -2.48. The molecule has 3 saturated heterocycles. The van der Waals surface area contributed by atoms with Crippen LogP contribution in [0.15, 0.2) is 24.3 Å². The molecule has 0 aromatic heterocycles. The van der Waals surface area contributed by atoms with Gasteiger partial charge in [-0.2, -0.15) is 0 Å². The summed E-state index contributed by atoms with van der Waals surface area (Å²) >= 11 is 0. The summed E-state index contributed by atoms with van der Waals surface area (Å²) in [6, 6.07) is 7.26. The van der Waals surface area contributed by atoms with Crippen molar-refractivity contribution < 1.29 is 13.9 Å². The van der Waals surface area contributed by atoms with Gasteiger partial charge in [0.1, 0.15) is 5.82 Å². The number of benzene rings is 1. The Labute approximate surface area is 148 Å². The number of carbonyl (C=O) groups is 1. The van der Waals surface area contributed by atoms with E-state index in [1.54, 1.807) is 12.1 Å². The molecule has 6 heteroatoms. The van der Waals surface area contributed by atoms with Gasteiger partial charge in [-0.3, -0.25) is 0 Å². The molecule has 2 amide bonds. The number of nitrogens with one attached hydrogen (secondary N) is 1. The van der Waals surface area contributed by atoms with E-state index >= 15 is 0 Å². The van der Waals surface area contributed by atoms with Crippen molar-refractivity contribution in [1.29, 1.82) is 0 Å². The first-order valence-corrected chi connectivity index (χ1v) is 9.37. The van der Waals surface area contributed by atoms with Crippen LogP contribution in [0.5, 0.6) is 0 Å². The lowest BCUT2D eigenvalue weighted by molar-refractivity contribution is 0.0498. The molecular weight excluding hydrogens is 321 g/mol. The van der Waals surface area contributed by atoms with Gasteiger partial charge in [-0.05, 0) is 56.5 Å². The second-order valence-electron chi connectivity index (χ2n) is 7.24. The van der Waals surface area contributed by atoms with Crippen molar-refractivity contribution in [1.82, 2.24) is 15.1 Å². The highest BCUT2D eigenvalue weighted by molar-refractivity contribution is 5.78. The zero-order valence-corrected chi connectivity index (χ0v) is 14.5. The van der Waals surface area contributed by atoms with Gasteiger partial charge >= 0.3 is 6.03 Å². The quantitative estimate of drug-likeness (QED) is 0.914. The van der Waals surface area contributed by atoms with Crippen molar-refractivity contribution in [3.05, 3.63) is 35.6 Å². The summed E-state index contributed by atoms with van der Waals surface area (Å²) < 4.78 is 19.3. The third kappa shape index (κ3) is 3.37. The summed E-state index contributed by atoms with van der Waals surface area (Å²) in [4.78, 5) is 17.3. The average molecular weight is 347 g/mol. The van der Waals surface area contributed by atoms with Crippen LogP contribution >= 0.6 is 0 Å². The summed E-state index contributed by atoms with van der Waals surface area (Å²) in [5, 5.41) is 3.36. The third-order valence-electron chi connectivity index (χ3n) is 5.74. The molecule has 3 heterocycles. The maximum atomic E-state index is 13.8. The van der Waals surface area contributed by atoms with E-state index in [-0.39, 0.29) is 30.0 Å². The number of hydrogen-bond donors (Lipinski definition) is 1. The molecule has 1 N–H and O–H groups in total. The molecule has 0 radical (unpaired) electrons. The predicted molar refractivity (Wildman–Crippen MR) is 92.8 cm³/mol. The van der Waals surface area contributed by atoms with E-state index in [9.17, 15) is 9.18 Å². The number of amides is 2. The summed E-state index contributed by atoms with van der Waals surface area (Å²) in [5.41, 5.74) is 0.904. The Morgan fingerprint density at radius 2 is 1.84 bits per heavy atom. The molecular formula is C19H26FN3O2. The van der Waals surface area contributed by atoms with Crippen molar-refractivity contribution >= 4 is 6.03 Å². The van der Waals surface area contributed by atoms with Crippen molar-refractivity contribution in [2.24, 2.45) is 0 Å². The zero-order valence-electron chi connectivity index (χ0n) is 14.5. The molecule has 3 aliphatic rings. The van der Waals surface area contributed by atoms with Gasteiger partial charge in [-0.1, -0.05) is 12.1 Å². The highest BCUT2D eigenvalue weighted by Gasteiger charge is 2.44. The fraction of sp³-hybridized carbons (Fsp3) is 0.632. The summed E-state index contributed by atoms with van der Waals surface area (Å²) in [5.74, 6) is -0.236. The van der Waals surface area contributed by atoms with Gasteiger partial charge in [-0.25, -0.2) is 9.18 Å². The monoisotopic (exact) mass is 347 g/mol. The lowest BCUT2D eigenvalue weighted by Gasteiger charge is -2.36. The minimum atomic E-state index is -0.236. The average Bonchev–Trinajstić information content (AvgIpc) is 3.00. The van der Waals surface area contributed by atoms with Gasteiger partial charge in [0.05, 0.1) is 6.04 Å². The summed E-state index contributed by atoms with van der Waals surface area (Å²) in [6.07, 6.45) is 3.70. The van der Waals surface area contributed by atoms with Gasteiger partial charge < -0.3 is 19.9 Å². The maximum absolute atomic E-state index is 13.8. The second-order valence-corrected chi connectivity index (χ2v) is 7.24. The van der Waals surface area contributed by atoms with Crippen molar-refractivity contribution in [3.8, 4) is 0 Å². The van der Waals surface area contributed by atoms with Crippen molar-refractivity contribution in [2.45, 2.75) is 43.8 Å². The first-order chi connectivity index (χ1) is 12.2. The van der Waals surface area contributed by atoms with Gasteiger partial charge in [0.2, 0.25) is 0 Å². The smallest absolute Gasteiger partial charge is 0.321 e. The van der Waals surface area contributed by atoms with Crippen LogP contribution in [0.3, 0.4) is 0 Å². The van der Waals surface area contributed by atoms with E-state index < -0.39 is 0 Å². The number of piperidine rings is 1. The van der Waals surface area contributed by atoms with Crippen LogP contribution in [0.4, 0.5) is 9.18 Å². The van der Waals surface area contributed by atoms with Crippen LogP contribution in [0.1, 0.15) is 37.3 Å². The number of hydrogen-bond acceptors (Lipinski definition) is 3. The largest absolute Gasteiger partial charge is 0.381 e. The van der Waals surface area contributed by atoms with Crippen LogP contribution < -0.4 is 5.32 Å². The minimum Gasteiger partial charge on any atom is -0.381 e. The molecule has 1 aromatic carbocycles. The van der Waals surface area contributed by atoms with Crippen molar-refractivity contribution in [3.63, 3.8) is 0 Å².